The maximum Gasteiger partial charge on any atom is 0.255 e. The van der Waals surface area contributed by atoms with Crippen LogP contribution in [0.25, 0.3) is 22.3 Å². The molecule has 1 amide bonds. The Morgan fingerprint density at radius 1 is 1.29 bits per heavy atom. The van der Waals surface area contributed by atoms with Crippen LogP contribution in [0.1, 0.15) is 10.4 Å². The summed E-state index contributed by atoms with van der Waals surface area (Å²) in [5, 5.41) is 6.48. The molecule has 0 fully saturated rings. The Bertz CT molecular complexity index is 921. The summed E-state index contributed by atoms with van der Waals surface area (Å²) < 4.78 is 12.0. The van der Waals surface area contributed by atoms with Crippen LogP contribution in [-0.4, -0.2) is 32.1 Å². The van der Waals surface area contributed by atoms with E-state index in [1.54, 1.807) is 32.5 Å². The van der Waals surface area contributed by atoms with Crippen molar-refractivity contribution < 1.29 is 13.9 Å². The Labute approximate surface area is 147 Å². The number of nitrogens with zero attached hydrogens (tertiary/aromatic N) is 1. The predicted molar refractivity (Wildman–Crippen MR) is 96.6 cm³/mol. The number of aromatic nitrogens is 1. The molecule has 124 valence electrons. The van der Waals surface area contributed by atoms with E-state index in [2.05, 4.69) is 31.5 Å². The third-order valence-electron chi connectivity index (χ3n) is 3.71. The van der Waals surface area contributed by atoms with Gasteiger partial charge in [-0.1, -0.05) is 0 Å². The highest BCUT2D eigenvalue weighted by Gasteiger charge is 2.23. The number of pyridine rings is 1. The number of fused-ring (bicyclic) bond motifs is 1. The first-order valence-corrected chi connectivity index (χ1v) is 8.04. The summed E-state index contributed by atoms with van der Waals surface area (Å²) in [6.45, 7) is 0. The van der Waals surface area contributed by atoms with Crippen molar-refractivity contribution in [2.75, 3.05) is 26.5 Å². The van der Waals surface area contributed by atoms with E-state index >= 15 is 0 Å². The topological polar surface area (TPSA) is 76.4 Å². The van der Waals surface area contributed by atoms with Gasteiger partial charge in [-0.05, 0) is 28.1 Å². The molecule has 0 aliphatic carbocycles. The number of hydrogen-bond acceptors (Lipinski definition) is 5. The number of nitrogens with one attached hydrogen (secondary N) is 2. The van der Waals surface area contributed by atoms with Crippen molar-refractivity contribution >= 4 is 38.5 Å². The van der Waals surface area contributed by atoms with E-state index in [1.807, 2.05) is 19.2 Å². The monoisotopic (exact) mass is 389 g/mol. The zero-order valence-electron chi connectivity index (χ0n) is 13.4. The van der Waals surface area contributed by atoms with Crippen molar-refractivity contribution in [2.45, 2.75) is 0 Å². The van der Waals surface area contributed by atoms with Gasteiger partial charge in [-0.2, -0.15) is 0 Å². The van der Waals surface area contributed by atoms with E-state index in [-0.39, 0.29) is 5.91 Å². The molecule has 0 aliphatic heterocycles. The van der Waals surface area contributed by atoms with Gasteiger partial charge in [0.25, 0.3) is 5.91 Å². The fourth-order valence-electron chi connectivity index (χ4n) is 2.52. The van der Waals surface area contributed by atoms with Gasteiger partial charge < -0.3 is 19.8 Å². The molecule has 0 radical (unpaired) electrons. The van der Waals surface area contributed by atoms with Crippen molar-refractivity contribution in [1.82, 2.24) is 10.3 Å². The van der Waals surface area contributed by atoms with E-state index in [0.717, 1.165) is 21.1 Å². The summed E-state index contributed by atoms with van der Waals surface area (Å²) in [5.41, 5.74) is 2.69. The van der Waals surface area contributed by atoms with Crippen LogP contribution >= 0.6 is 15.9 Å². The molecule has 2 aromatic heterocycles. The summed E-state index contributed by atoms with van der Waals surface area (Å²) in [5.74, 6) is 0.710. The maximum absolute atomic E-state index is 12.5. The standard InChI is InChI=1S/C17H16BrN3O3/c1-19-12-8-13-10(7-11(12)18)15(17(22)20-2)16(24-13)9-4-5-21-14(6-9)23-3/h4-8,19H,1-3H3,(H,20,22). The first kappa shape index (κ1) is 16.3. The van der Waals surface area contributed by atoms with Gasteiger partial charge in [0.05, 0.1) is 18.4 Å². The van der Waals surface area contributed by atoms with Crippen LogP contribution in [0.2, 0.25) is 0 Å². The number of carbonyl (C=O) groups is 1. The van der Waals surface area contributed by atoms with Crippen molar-refractivity contribution in [3.63, 3.8) is 0 Å². The molecule has 0 atom stereocenters. The molecule has 0 spiro atoms. The minimum Gasteiger partial charge on any atom is -0.481 e. The highest BCUT2D eigenvalue weighted by molar-refractivity contribution is 9.10. The minimum atomic E-state index is -0.219. The normalized spacial score (nSPS) is 10.7. The molecule has 1 aromatic carbocycles. The predicted octanol–water partition coefficient (Wildman–Crippen LogP) is 3.67. The number of amides is 1. The average molecular weight is 390 g/mol. The summed E-state index contributed by atoms with van der Waals surface area (Å²) >= 11 is 3.51. The highest BCUT2D eigenvalue weighted by atomic mass is 79.9. The first-order valence-electron chi connectivity index (χ1n) is 7.25. The zero-order valence-corrected chi connectivity index (χ0v) is 15.0. The molecule has 0 saturated carbocycles. The molecule has 2 N–H and O–H groups in total. The Hall–Kier alpha value is -2.54. The van der Waals surface area contributed by atoms with Crippen molar-refractivity contribution in [3.05, 3.63) is 40.5 Å². The maximum atomic E-state index is 12.5. The molecule has 24 heavy (non-hydrogen) atoms. The van der Waals surface area contributed by atoms with Crippen LogP contribution in [0.3, 0.4) is 0 Å². The molecule has 6 nitrogen and oxygen atoms in total. The quantitative estimate of drug-likeness (QED) is 0.711. The third kappa shape index (κ3) is 2.71. The smallest absolute Gasteiger partial charge is 0.255 e. The van der Waals surface area contributed by atoms with Gasteiger partial charge in [-0.3, -0.25) is 4.79 Å². The van der Waals surface area contributed by atoms with Crippen LogP contribution in [0.15, 0.2) is 39.4 Å². The van der Waals surface area contributed by atoms with Crippen LogP contribution < -0.4 is 15.4 Å². The van der Waals surface area contributed by atoms with Crippen LogP contribution in [0.5, 0.6) is 5.88 Å². The van der Waals surface area contributed by atoms with Crippen LogP contribution in [-0.2, 0) is 0 Å². The molecular formula is C17H16BrN3O3. The number of methoxy groups -OCH3 is 1. The van der Waals surface area contributed by atoms with E-state index in [1.165, 1.54) is 0 Å². The summed E-state index contributed by atoms with van der Waals surface area (Å²) in [7, 11) is 4.96. The lowest BCUT2D eigenvalue weighted by Crippen LogP contribution is -2.18. The number of halogens is 1. The molecule has 3 rings (SSSR count). The van der Waals surface area contributed by atoms with Gasteiger partial charge in [0.15, 0.2) is 0 Å². The second-order valence-electron chi connectivity index (χ2n) is 5.05. The number of carbonyl (C=O) groups excluding carboxylic acids is 1. The van der Waals surface area contributed by atoms with E-state index < -0.39 is 0 Å². The van der Waals surface area contributed by atoms with E-state index in [9.17, 15) is 4.79 Å². The van der Waals surface area contributed by atoms with Gasteiger partial charge in [-0.25, -0.2) is 4.98 Å². The minimum absolute atomic E-state index is 0.219. The third-order valence-corrected chi connectivity index (χ3v) is 4.36. The lowest BCUT2D eigenvalue weighted by Gasteiger charge is -2.04. The number of benzene rings is 1. The van der Waals surface area contributed by atoms with Gasteiger partial charge in [0.2, 0.25) is 5.88 Å². The zero-order chi connectivity index (χ0) is 17.3. The summed E-state index contributed by atoms with van der Waals surface area (Å²) in [6.07, 6.45) is 1.62. The largest absolute Gasteiger partial charge is 0.481 e. The second-order valence-corrected chi connectivity index (χ2v) is 5.90. The Balaban J connectivity index is 2.31. The van der Waals surface area contributed by atoms with Crippen LogP contribution in [0, 0.1) is 0 Å². The Kier molecular flexibility index (Phi) is 4.44. The molecule has 0 bridgehead atoms. The van der Waals surface area contributed by atoms with E-state index in [0.29, 0.717) is 22.8 Å². The number of anilines is 1. The van der Waals surface area contributed by atoms with Crippen molar-refractivity contribution in [2.24, 2.45) is 0 Å². The lowest BCUT2D eigenvalue weighted by atomic mass is 10.1. The SMILES string of the molecule is CNC(=O)c1c(-c2ccnc(OC)c2)oc2cc(NC)c(Br)cc12. The van der Waals surface area contributed by atoms with Crippen molar-refractivity contribution in [1.29, 1.82) is 0 Å². The molecule has 2 heterocycles. The number of ether oxygens (including phenoxy) is 1. The second kappa shape index (κ2) is 6.52. The molecule has 7 heteroatoms. The van der Waals surface area contributed by atoms with Gasteiger partial charge in [0, 0.05) is 47.8 Å². The Morgan fingerprint density at radius 3 is 2.75 bits per heavy atom. The van der Waals surface area contributed by atoms with Gasteiger partial charge in [-0.15, -0.1) is 0 Å². The van der Waals surface area contributed by atoms with Gasteiger partial charge in [0.1, 0.15) is 11.3 Å². The number of rotatable bonds is 4. The molecule has 3 aromatic rings. The first-order chi connectivity index (χ1) is 11.6. The Morgan fingerprint density at radius 2 is 2.08 bits per heavy atom. The lowest BCUT2D eigenvalue weighted by molar-refractivity contribution is 0.0964. The molecule has 0 saturated heterocycles. The molecule has 0 aliphatic rings. The van der Waals surface area contributed by atoms with Gasteiger partial charge >= 0.3 is 0 Å². The molecule has 0 unspecified atom stereocenters. The summed E-state index contributed by atoms with van der Waals surface area (Å²) in [4.78, 5) is 16.5. The van der Waals surface area contributed by atoms with E-state index in [4.69, 9.17) is 9.15 Å². The number of furan rings is 1. The number of hydrogen-bond donors (Lipinski definition) is 2. The molecular weight excluding hydrogens is 374 g/mol. The highest BCUT2D eigenvalue weighted by Crippen LogP contribution is 2.38. The van der Waals surface area contributed by atoms with Crippen LogP contribution in [0.4, 0.5) is 5.69 Å². The fraction of sp³-hybridized carbons (Fsp3) is 0.176. The van der Waals surface area contributed by atoms with Crippen molar-refractivity contribution in [3.8, 4) is 17.2 Å². The average Bonchev–Trinajstić information content (AvgIpc) is 2.98. The summed E-state index contributed by atoms with van der Waals surface area (Å²) in [6, 6.07) is 7.24. The fourth-order valence-corrected chi connectivity index (χ4v) is 3.07.